The molecule has 0 aliphatic carbocycles. The summed E-state index contributed by atoms with van der Waals surface area (Å²) in [7, 11) is 3.00. The van der Waals surface area contributed by atoms with E-state index in [9.17, 15) is 4.79 Å². The Morgan fingerprint density at radius 3 is 2.58 bits per heavy atom. The van der Waals surface area contributed by atoms with Crippen molar-refractivity contribution in [2.45, 2.75) is 18.7 Å². The molecule has 1 fully saturated rings. The number of carbonyl (C=O) groups excluding carboxylic acids is 1. The third-order valence-electron chi connectivity index (χ3n) is 4.25. The van der Waals surface area contributed by atoms with E-state index in [1.54, 1.807) is 28.0 Å². The highest BCUT2D eigenvalue weighted by Gasteiger charge is 2.51. The first-order chi connectivity index (χ1) is 11.6. The quantitative estimate of drug-likeness (QED) is 0.838. The average Bonchev–Trinajstić information content (AvgIpc) is 3.15. The van der Waals surface area contributed by atoms with Crippen molar-refractivity contribution < 1.29 is 14.3 Å². The van der Waals surface area contributed by atoms with Crippen LogP contribution in [0.3, 0.4) is 0 Å². The van der Waals surface area contributed by atoms with Gasteiger partial charge in [-0.05, 0) is 25.0 Å². The molecule has 128 valence electrons. The minimum absolute atomic E-state index is 0.221. The topological polar surface area (TPSA) is 54.4 Å². The van der Waals surface area contributed by atoms with E-state index in [1.807, 2.05) is 12.1 Å². The number of aliphatic imine (C=N–C) groups is 1. The molecule has 0 spiro atoms. The van der Waals surface area contributed by atoms with Crippen molar-refractivity contribution in [2.24, 2.45) is 4.99 Å². The number of likely N-dealkylation sites (tertiary alicyclic amines) is 1. The zero-order valence-electron chi connectivity index (χ0n) is 13.7. The molecule has 6 nitrogen and oxygen atoms in total. The zero-order chi connectivity index (χ0) is 17.2. The maximum atomic E-state index is 13.2. The maximum absolute atomic E-state index is 13.2. The predicted molar refractivity (Wildman–Crippen MR) is 93.1 cm³/mol. The summed E-state index contributed by atoms with van der Waals surface area (Å²) in [4.78, 5) is 21.0. The fourth-order valence-electron chi connectivity index (χ4n) is 3.07. The number of halogens is 1. The molecule has 0 aromatic heterocycles. The molecule has 0 radical (unpaired) electrons. The van der Waals surface area contributed by atoms with Crippen molar-refractivity contribution in [2.75, 3.05) is 32.2 Å². The molecule has 2 heterocycles. The number of anilines is 1. The first-order valence-corrected chi connectivity index (χ1v) is 8.20. The van der Waals surface area contributed by atoms with Crippen LogP contribution in [-0.2, 0) is 14.3 Å². The number of allylic oxidation sites excluding steroid dienone is 1. The Bertz CT molecular complexity index is 685. The number of methoxy groups -OCH3 is 2. The summed E-state index contributed by atoms with van der Waals surface area (Å²) in [5.74, 6) is -1.34. The molecule has 2 aliphatic heterocycles. The van der Waals surface area contributed by atoms with Crippen LogP contribution < -0.4 is 4.90 Å². The van der Waals surface area contributed by atoms with Gasteiger partial charge in [-0.15, -0.1) is 0 Å². The Morgan fingerprint density at radius 1 is 1.25 bits per heavy atom. The molecule has 0 saturated carbocycles. The number of amides is 1. The fourth-order valence-corrected chi connectivity index (χ4v) is 3.29. The molecule has 1 aromatic rings. The number of hydrogen-bond donors (Lipinski definition) is 0. The van der Waals surface area contributed by atoms with Crippen molar-refractivity contribution in [3.05, 3.63) is 41.2 Å². The SMILES string of the molecule is COC1=CC=NC(OC)(C(=O)N2CCCC2)N1c1ccccc1Cl. The Labute approximate surface area is 146 Å². The molecule has 1 saturated heterocycles. The summed E-state index contributed by atoms with van der Waals surface area (Å²) in [6, 6.07) is 7.23. The van der Waals surface area contributed by atoms with Crippen LogP contribution in [0.15, 0.2) is 41.2 Å². The minimum Gasteiger partial charge on any atom is -0.482 e. The summed E-state index contributed by atoms with van der Waals surface area (Å²) in [6.07, 6.45) is 5.17. The standard InChI is InChI=1S/C17H20ClN3O3/c1-23-15-9-10-19-17(24-2,16(22)20-11-5-6-12-20)21(15)14-8-4-3-7-13(14)18/h3-4,7-10H,5-6,11-12H2,1-2H3. The van der Waals surface area contributed by atoms with Gasteiger partial charge in [-0.3, -0.25) is 9.69 Å². The van der Waals surface area contributed by atoms with Gasteiger partial charge in [0.2, 0.25) is 0 Å². The number of carbonyl (C=O) groups is 1. The molecule has 2 aliphatic rings. The predicted octanol–water partition coefficient (Wildman–Crippen LogP) is 2.64. The normalized spacial score (nSPS) is 23.4. The number of benzene rings is 1. The summed E-state index contributed by atoms with van der Waals surface area (Å²) >= 11 is 6.37. The van der Waals surface area contributed by atoms with Crippen LogP contribution in [0.4, 0.5) is 5.69 Å². The molecule has 1 atom stereocenters. The smallest absolute Gasteiger partial charge is 0.328 e. The van der Waals surface area contributed by atoms with Crippen LogP contribution in [0.1, 0.15) is 12.8 Å². The second kappa shape index (κ2) is 6.83. The molecule has 1 unspecified atom stereocenters. The van der Waals surface area contributed by atoms with Gasteiger partial charge in [0.05, 0.1) is 17.8 Å². The fraction of sp³-hybridized carbons (Fsp3) is 0.412. The summed E-state index contributed by atoms with van der Waals surface area (Å²) in [5.41, 5.74) is 0.596. The maximum Gasteiger partial charge on any atom is 0.328 e. The van der Waals surface area contributed by atoms with Gasteiger partial charge in [0.25, 0.3) is 0 Å². The van der Waals surface area contributed by atoms with E-state index in [2.05, 4.69) is 4.99 Å². The summed E-state index contributed by atoms with van der Waals surface area (Å²) in [6.45, 7) is 1.39. The van der Waals surface area contributed by atoms with E-state index < -0.39 is 5.85 Å². The molecule has 24 heavy (non-hydrogen) atoms. The van der Waals surface area contributed by atoms with Crippen molar-refractivity contribution in [3.63, 3.8) is 0 Å². The number of ether oxygens (including phenoxy) is 2. The van der Waals surface area contributed by atoms with Gasteiger partial charge >= 0.3 is 11.8 Å². The van der Waals surface area contributed by atoms with Gasteiger partial charge in [0.15, 0.2) is 5.88 Å². The number of hydrogen-bond acceptors (Lipinski definition) is 5. The first kappa shape index (κ1) is 16.8. The van der Waals surface area contributed by atoms with Gasteiger partial charge in [-0.2, -0.15) is 0 Å². The average molecular weight is 350 g/mol. The van der Waals surface area contributed by atoms with Gasteiger partial charge < -0.3 is 14.4 Å². The number of rotatable bonds is 4. The molecule has 1 amide bonds. The molecule has 0 N–H and O–H groups in total. The van der Waals surface area contributed by atoms with E-state index in [4.69, 9.17) is 21.1 Å². The Kier molecular flexibility index (Phi) is 4.78. The molecule has 1 aromatic carbocycles. The van der Waals surface area contributed by atoms with Crippen molar-refractivity contribution in [1.82, 2.24) is 4.90 Å². The van der Waals surface area contributed by atoms with E-state index >= 15 is 0 Å². The lowest BCUT2D eigenvalue weighted by Crippen LogP contribution is -2.60. The highest BCUT2D eigenvalue weighted by molar-refractivity contribution is 6.33. The van der Waals surface area contributed by atoms with Crippen LogP contribution in [0.5, 0.6) is 0 Å². The first-order valence-electron chi connectivity index (χ1n) is 7.83. The lowest BCUT2D eigenvalue weighted by molar-refractivity contribution is -0.153. The van der Waals surface area contributed by atoms with Crippen LogP contribution in [0, 0.1) is 0 Å². The van der Waals surface area contributed by atoms with Gasteiger partial charge in [-0.25, -0.2) is 4.99 Å². The van der Waals surface area contributed by atoms with Gasteiger partial charge in [0, 0.05) is 32.5 Å². The van der Waals surface area contributed by atoms with E-state index in [1.165, 1.54) is 20.4 Å². The Balaban J connectivity index is 2.11. The molecule has 3 rings (SSSR count). The van der Waals surface area contributed by atoms with Crippen LogP contribution in [0.2, 0.25) is 5.02 Å². The number of para-hydroxylation sites is 1. The monoisotopic (exact) mass is 349 g/mol. The second-order valence-corrected chi connectivity index (χ2v) is 5.99. The largest absolute Gasteiger partial charge is 0.482 e. The molecular formula is C17H20ClN3O3. The molecule has 0 bridgehead atoms. The lowest BCUT2D eigenvalue weighted by Gasteiger charge is -2.42. The lowest BCUT2D eigenvalue weighted by atomic mass is 10.2. The van der Waals surface area contributed by atoms with Crippen molar-refractivity contribution in [3.8, 4) is 0 Å². The molecular weight excluding hydrogens is 330 g/mol. The van der Waals surface area contributed by atoms with Gasteiger partial charge in [0.1, 0.15) is 0 Å². The van der Waals surface area contributed by atoms with Crippen LogP contribution >= 0.6 is 11.6 Å². The van der Waals surface area contributed by atoms with Crippen molar-refractivity contribution >= 4 is 29.4 Å². The van der Waals surface area contributed by atoms with Crippen LogP contribution in [0.25, 0.3) is 0 Å². The van der Waals surface area contributed by atoms with E-state index in [0.29, 0.717) is 29.7 Å². The highest BCUT2D eigenvalue weighted by atomic mass is 35.5. The van der Waals surface area contributed by atoms with Gasteiger partial charge in [-0.1, -0.05) is 23.7 Å². The third kappa shape index (κ3) is 2.65. The van der Waals surface area contributed by atoms with E-state index in [-0.39, 0.29) is 5.91 Å². The molecule has 7 heteroatoms. The third-order valence-corrected chi connectivity index (χ3v) is 4.57. The zero-order valence-corrected chi connectivity index (χ0v) is 14.5. The summed E-state index contributed by atoms with van der Waals surface area (Å²) < 4.78 is 11.1. The Hall–Kier alpha value is -2.05. The number of nitrogens with zero attached hydrogens (tertiary/aromatic N) is 3. The second-order valence-electron chi connectivity index (χ2n) is 5.59. The van der Waals surface area contributed by atoms with E-state index in [0.717, 1.165) is 12.8 Å². The van der Waals surface area contributed by atoms with Crippen molar-refractivity contribution in [1.29, 1.82) is 0 Å². The minimum atomic E-state index is -1.56. The highest BCUT2D eigenvalue weighted by Crippen LogP contribution is 2.38. The summed E-state index contributed by atoms with van der Waals surface area (Å²) in [5, 5.41) is 0.480. The van der Waals surface area contributed by atoms with Crippen LogP contribution in [-0.4, -0.2) is 50.2 Å². The Morgan fingerprint density at radius 2 is 1.96 bits per heavy atom.